The molecule has 0 aliphatic carbocycles. The maximum absolute atomic E-state index is 4.50. The van der Waals surface area contributed by atoms with E-state index in [0.29, 0.717) is 0 Å². The van der Waals surface area contributed by atoms with Crippen molar-refractivity contribution >= 4 is 11.9 Å². The van der Waals surface area contributed by atoms with Crippen LogP contribution < -0.4 is 0 Å². The fourth-order valence-electron chi connectivity index (χ4n) is 1.52. The lowest BCUT2D eigenvalue weighted by molar-refractivity contribution is 0.701. The minimum Gasteiger partial charge on any atom is -0.265 e. The monoisotopic (exact) mass is 186 g/mol. The molecule has 0 radical (unpaired) electrons. The molecule has 0 aromatic heterocycles. The van der Waals surface area contributed by atoms with Gasteiger partial charge in [0.1, 0.15) is 6.17 Å². The second kappa shape index (κ2) is 4.18. The largest absolute Gasteiger partial charge is 0.265 e. The molecule has 2 nitrogen and oxygen atoms in total. The van der Waals surface area contributed by atoms with Crippen LogP contribution >= 0.6 is 0 Å². The van der Waals surface area contributed by atoms with Crippen molar-refractivity contribution in [2.24, 2.45) is 9.98 Å². The van der Waals surface area contributed by atoms with Crippen LogP contribution in [0.3, 0.4) is 0 Å². The Balaban J connectivity index is 2.04. The summed E-state index contributed by atoms with van der Waals surface area (Å²) in [5.41, 5.74) is 2.40. The number of rotatable bonds is 3. The molecule has 0 bridgehead atoms. The third-order valence-corrected chi connectivity index (χ3v) is 2.30. The van der Waals surface area contributed by atoms with Gasteiger partial charge in [0.15, 0.2) is 0 Å². The Labute approximate surface area is 84.4 Å². The summed E-state index contributed by atoms with van der Waals surface area (Å²) in [6, 6.07) is 10.4. The van der Waals surface area contributed by atoms with Crippen LogP contribution in [-0.2, 0) is 6.42 Å². The highest BCUT2D eigenvalue weighted by atomic mass is 15.0. The van der Waals surface area contributed by atoms with Crippen LogP contribution in [0, 0.1) is 0 Å². The molecule has 14 heavy (non-hydrogen) atoms. The van der Waals surface area contributed by atoms with Crippen LogP contribution in [0.2, 0.25) is 0 Å². The summed E-state index contributed by atoms with van der Waals surface area (Å²) in [6.45, 7) is 2.11. The van der Waals surface area contributed by atoms with Gasteiger partial charge in [0.25, 0.3) is 0 Å². The molecule has 0 saturated carbocycles. The van der Waals surface area contributed by atoms with Gasteiger partial charge in [0.2, 0.25) is 0 Å². The standard InChI is InChI=1S/C12H14N2/c1-2-12-13-9-11(14-12)8-10-6-4-3-5-7-10/h3-7,9,12H,2,8H2,1H3. The smallest absolute Gasteiger partial charge is 0.139 e. The molecule has 1 unspecified atom stereocenters. The number of hydrogen-bond acceptors (Lipinski definition) is 2. The Morgan fingerprint density at radius 2 is 2.00 bits per heavy atom. The molecular weight excluding hydrogens is 172 g/mol. The molecule has 0 amide bonds. The van der Waals surface area contributed by atoms with Gasteiger partial charge in [-0.15, -0.1) is 0 Å². The van der Waals surface area contributed by atoms with E-state index in [9.17, 15) is 0 Å². The second-order valence-electron chi connectivity index (χ2n) is 3.45. The van der Waals surface area contributed by atoms with Gasteiger partial charge < -0.3 is 0 Å². The minimum atomic E-state index is 0.175. The highest BCUT2D eigenvalue weighted by Crippen LogP contribution is 2.08. The third kappa shape index (κ3) is 2.08. The zero-order valence-electron chi connectivity index (χ0n) is 8.35. The molecule has 1 aromatic rings. The molecule has 1 aromatic carbocycles. The molecule has 2 rings (SSSR count). The van der Waals surface area contributed by atoms with Crippen molar-refractivity contribution in [3.63, 3.8) is 0 Å². The Hall–Kier alpha value is -1.44. The van der Waals surface area contributed by atoms with Crippen molar-refractivity contribution in [2.75, 3.05) is 0 Å². The number of aliphatic imine (C=N–C) groups is 2. The Bertz CT molecular complexity index is 352. The lowest BCUT2D eigenvalue weighted by Crippen LogP contribution is -2.02. The summed E-state index contributed by atoms with van der Waals surface area (Å²) in [6.07, 6.45) is 3.98. The molecule has 2 heteroatoms. The quantitative estimate of drug-likeness (QED) is 0.693. The molecule has 0 fully saturated rings. The van der Waals surface area contributed by atoms with E-state index >= 15 is 0 Å². The summed E-state index contributed by atoms with van der Waals surface area (Å²) in [4.78, 5) is 8.80. The number of nitrogens with zero attached hydrogens (tertiary/aromatic N) is 2. The summed E-state index contributed by atoms with van der Waals surface area (Å²) in [7, 11) is 0. The van der Waals surface area contributed by atoms with Crippen molar-refractivity contribution in [3.8, 4) is 0 Å². The van der Waals surface area contributed by atoms with Crippen LogP contribution in [0.25, 0.3) is 0 Å². The van der Waals surface area contributed by atoms with E-state index < -0.39 is 0 Å². The highest BCUT2D eigenvalue weighted by Gasteiger charge is 2.09. The van der Waals surface area contributed by atoms with E-state index in [4.69, 9.17) is 0 Å². The van der Waals surface area contributed by atoms with E-state index in [1.54, 1.807) is 0 Å². The Morgan fingerprint density at radius 1 is 1.21 bits per heavy atom. The van der Waals surface area contributed by atoms with Gasteiger partial charge in [-0.05, 0) is 12.0 Å². The van der Waals surface area contributed by atoms with Gasteiger partial charge in [-0.1, -0.05) is 37.3 Å². The van der Waals surface area contributed by atoms with Crippen molar-refractivity contribution in [1.29, 1.82) is 0 Å². The SMILES string of the molecule is CCC1N=CC(Cc2ccccc2)=N1. The maximum atomic E-state index is 4.50. The zero-order chi connectivity index (χ0) is 9.80. The van der Waals surface area contributed by atoms with Crippen molar-refractivity contribution in [1.82, 2.24) is 0 Å². The molecule has 0 spiro atoms. The molecule has 1 heterocycles. The minimum absolute atomic E-state index is 0.175. The van der Waals surface area contributed by atoms with E-state index in [2.05, 4.69) is 41.2 Å². The van der Waals surface area contributed by atoms with E-state index in [1.165, 1.54) is 5.56 Å². The first-order chi connectivity index (χ1) is 6.88. The Morgan fingerprint density at radius 3 is 2.64 bits per heavy atom. The first-order valence-electron chi connectivity index (χ1n) is 5.02. The van der Waals surface area contributed by atoms with Gasteiger partial charge in [-0.3, -0.25) is 9.98 Å². The molecule has 1 atom stereocenters. The number of benzene rings is 1. The van der Waals surface area contributed by atoms with Crippen molar-refractivity contribution < 1.29 is 0 Å². The average Bonchev–Trinajstić information content (AvgIpc) is 2.67. The first kappa shape index (κ1) is 9.13. The van der Waals surface area contributed by atoms with Crippen LogP contribution in [-0.4, -0.2) is 18.1 Å². The molecule has 0 saturated heterocycles. The van der Waals surface area contributed by atoms with Gasteiger partial charge >= 0.3 is 0 Å². The fraction of sp³-hybridized carbons (Fsp3) is 0.333. The van der Waals surface area contributed by atoms with Gasteiger partial charge in [0, 0.05) is 12.6 Å². The molecular formula is C12H14N2. The average molecular weight is 186 g/mol. The van der Waals surface area contributed by atoms with Gasteiger partial charge in [-0.25, -0.2) is 0 Å². The van der Waals surface area contributed by atoms with Crippen LogP contribution in [0.15, 0.2) is 40.3 Å². The van der Waals surface area contributed by atoms with Crippen molar-refractivity contribution in [3.05, 3.63) is 35.9 Å². The van der Waals surface area contributed by atoms with Crippen LogP contribution in [0.5, 0.6) is 0 Å². The van der Waals surface area contributed by atoms with E-state index in [0.717, 1.165) is 18.6 Å². The number of hydrogen-bond donors (Lipinski definition) is 0. The predicted molar refractivity (Wildman–Crippen MR) is 60.2 cm³/mol. The van der Waals surface area contributed by atoms with E-state index in [1.807, 2.05) is 12.3 Å². The Kier molecular flexibility index (Phi) is 2.73. The summed E-state index contributed by atoms with van der Waals surface area (Å²) in [5, 5.41) is 0. The maximum Gasteiger partial charge on any atom is 0.139 e. The van der Waals surface area contributed by atoms with Crippen LogP contribution in [0.1, 0.15) is 18.9 Å². The lowest BCUT2D eigenvalue weighted by Gasteiger charge is -1.99. The summed E-state index contributed by atoms with van der Waals surface area (Å²) >= 11 is 0. The predicted octanol–water partition coefficient (Wildman–Crippen LogP) is 2.49. The summed E-state index contributed by atoms with van der Waals surface area (Å²) < 4.78 is 0. The first-order valence-corrected chi connectivity index (χ1v) is 5.02. The normalized spacial score (nSPS) is 19.8. The summed E-state index contributed by atoms with van der Waals surface area (Å²) in [5.74, 6) is 0. The molecule has 0 N–H and O–H groups in total. The van der Waals surface area contributed by atoms with Gasteiger partial charge in [-0.2, -0.15) is 0 Å². The second-order valence-corrected chi connectivity index (χ2v) is 3.45. The molecule has 72 valence electrons. The van der Waals surface area contributed by atoms with Crippen LogP contribution in [0.4, 0.5) is 0 Å². The lowest BCUT2D eigenvalue weighted by atomic mass is 10.1. The fourth-order valence-corrected chi connectivity index (χ4v) is 1.52. The zero-order valence-corrected chi connectivity index (χ0v) is 8.35. The molecule has 1 aliphatic heterocycles. The third-order valence-electron chi connectivity index (χ3n) is 2.30. The van der Waals surface area contributed by atoms with E-state index in [-0.39, 0.29) is 6.17 Å². The van der Waals surface area contributed by atoms with Gasteiger partial charge in [0.05, 0.1) is 5.71 Å². The topological polar surface area (TPSA) is 24.7 Å². The highest BCUT2D eigenvalue weighted by molar-refractivity contribution is 6.32. The van der Waals surface area contributed by atoms with Crippen molar-refractivity contribution in [2.45, 2.75) is 25.9 Å². The molecule has 1 aliphatic rings.